The second-order valence-corrected chi connectivity index (χ2v) is 15.7. The van der Waals surface area contributed by atoms with E-state index in [1.54, 1.807) is 0 Å². The van der Waals surface area contributed by atoms with Crippen LogP contribution in [0.1, 0.15) is 5.56 Å². The van der Waals surface area contributed by atoms with Gasteiger partial charge in [-0.15, -0.1) is 0 Å². The van der Waals surface area contributed by atoms with Crippen molar-refractivity contribution in [2.45, 2.75) is 0 Å². The first-order chi connectivity index (χ1) is 20.1. The van der Waals surface area contributed by atoms with Gasteiger partial charge in [0.15, 0.2) is 0 Å². The van der Waals surface area contributed by atoms with Crippen LogP contribution in [-0.4, -0.2) is 42.0 Å². The number of aromatic nitrogens is 8. The zero-order chi connectivity index (χ0) is 27.5. The Morgan fingerprint density at radius 3 is 1.56 bits per heavy atom. The van der Waals surface area contributed by atoms with E-state index in [0.29, 0.717) is 45.9 Å². The summed E-state index contributed by atoms with van der Waals surface area (Å²) in [5.41, 5.74) is 7.32. The van der Waals surface area contributed by atoms with Crippen molar-refractivity contribution in [3.63, 3.8) is 0 Å². The predicted octanol–water partition coefficient (Wildman–Crippen LogP) is 6.84. The van der Waals surface area contributed by atoms with Crippen molar-refractivity contribution < 1.29 is 17.9 Å². The van der Waals surface area contributed by atoms with Gasteiger partial charge in [0, 0.05) is 5.39 Å². The number of benzene rings is 3. The Bertz CT molecular complexity index is 2270. The molecule has 2 aliphatic heterocycles. The average molecular weight is 694 g/mol. The number of nitrogens with zero attached hydrogens (tertiary/aromatic N) is 6. The molecule has 0 spiro atoms. The topological polar surface area (TPSA) is 109 Å². The first kappa shape index (κ1) is 24.5. The van der Waals surface area contributed by atoms with Gasteiger partial charge in [-0.3, -0.25) is 0 Å². The van der Waals surface area contributed by atoms with Crippen molar-refractivity contribution in [3.8, 4) is 45.6 Å². The van der Waals surface area contributed by atoms with Crippen LogP contribution in [0.2, 0.25) is 0 Å². The fraction of sp³-hybridized carbons (Fsp3) is 0. The van der Waals surface area contributed by atoms with Crippen LogP contribution in [0.5, 0.6) is 0 Å². The van der Waals surface area contributed by atoms with Gasteiger partial charge < -0.3 is 0 Å². The first-order valence-corrected chi connectivity index (χ1v) is 15.5. The number of nitrogens with one attached hydrogen (secondary N) is 2. The molecule has 0 fully saturated rings. The molecule has 3 aromatic carbocycles. The number of allylic oxidation sites excluding steroid dienone is 1. The summed E-state index contributed by atoms with van der Waals surface area (Å²) in [6, 6.07) is 26.2. The molecule has 0 amide bonds. The van der Waals surface area contributed by atoms with E-state index in [4.69, 9.17) is 29.9 Å². The summed E-state index contributed by atoms with van der Waals surface area (Å²) < 4.78 is 1.27. The molecule has 0 saturated carbocycles. The van der Waals surface area contributed by atoms with E-state index in [-0.39, 0.29) is 0 Å². The summed E-state index contributed by atoms with van der Waals surface area (Å²) in [7, 11) is 0. The SMILES string of the molecule is [Zn]=[C](I)/C=C\c1cc2nc3nc(nc4[nH]c(nc5nc(nc1[nH]2)-c1ccccc1-5)c1ccccc41)-c1ccccc1-3. The summed E-state index contributed by atoms with van der Waals surface area (Å²) in [6.45, 7) is 0. The summed E-state index contributed by atoms with van der Waals surface area (Å²) in [5.74, 6) is 2.39. The third-order valence-corrected chi connectivity index (χ3v) is 7.90. The van der Waals surface area contributed by atoms with E-state index in [2.05, 4.69) is 44.7 Å². The van der Waals surface area contributed by atoms with Gasteiger partial charge in [-0.2, -0.15) is 0 Å². The van der Waals surface area contributed by atoms with Crippen molar-refractivity contribution >= 4 is 64.1 Å². The van der Waals surface area contributed by atoms with Crippen molar-refractivity contribution in [2.75, 3.05) is 0 Å². The fourth-order valence-corrected chi connectivity index (χ4v) is 5.61. The molecule has 8 rings (SSSR count). The standard InChI is InChI=1S/C31H17IN8.Zn/c32-15-7-8-17-16-24-33-25(17)35-27-20-11-3-4-12-21(20)29(37-27)39-31-23-14-6-5-13-22(23)30(40-31)38-28-19-10-2-1-9-18(19)26(34-24)36-28;/h1-14,16H,(H2,33,34,35,36,37,38,39,40);/b8-7-;. The molecule has 0 radical (unpaired) electrons. The Morgan fingerprint density at radius 2 is 1.05 bits per heavy atom. The van der Waals surface area contributed by atoms with Crippen molar-refractivity contribution in [3.05, 3.63) is 90.5 Å². The van der Waals surface area contributed by atoms with E-state index in [1.165, 1.54) is 2.11 Å². The van der Waals surface area contributed by atoms with Gasteiger partial charge in [0.25, 0.3) is 0 Å². The number of aromatic amines is 2. The Kier molecular flexibility index (Phi) is 5.78. The van der Waals surface area contributed by atoms with Crippen LogP contribution in [0.4, 0.5) is 0 Å². The maximum absolute atomic E-state index is 5.02. The Morgan fingerprint density at radius 1 is 0.585 bits per heavy atom. The number of H-pyrrole nitrogens is 2. The summed E-state index contributed by atoms with van der Waals surface area (Å²) >= 11 is 3.43. The molecule has 0 unspecified atom stereocenters. The van der Waals surface area contributed by atoms with Crippen LogP contribution in [0.3, 0.4) is 0 Å². The number of hydrogen-bond acceptors (Lipinski definition) is 6. The molecule has 2 aliphatic rings. The van der Waals surface area contributed by atoms with Crippen LogP contribution in [0, 0.1) is 0 Å². The molecular formula is C31H17IN8Zn. The number of hydrogen-bond donors (Lipinski definition) is 2. The molecule has 8 nitrogen and oxygen atoms in total. The minimum atomic E-state index is 0.595. The summed E-state index contributed by atoms with van der Waals surface area (Å²) in [6.07, 6.45) is 4.17. The van der Waals surface area contributed by atoms with E-state index < -0.39 is 0 Å². The van der Waals surface area contributed by atoms with Gasteiger partial charge in [0.05, 0.1) is 0 Å². The normalized spacial score (nSPS) is 12.1. The molecule has 5 heterocycles. The molecule has 10 heteroatoms. The van der Waals surface area contributed by atoms with Gasteiger partial charge >= 0.3 is 228 Å². The average Bonchev–Trinajstić information content (AvgIpc) is 3.72. The molecule has 0 saturated heterocycles. The molecule has 2 N–H and O–H groups in total. The first-order valence-electron chi connectivity index (χ1n) is 12.9. The van der Waals surface area contributed by atoms with Gasteiger partial charge in [-0.25, -0.2) is 0 Å². The van der Waals surface area contributed by atoms with Gasteiger partial charge in [0.2, 0.25) is 0 Å². The van der Waals surface area contributed by atoms with Crippen LogP contribution < -0.4 is 0 Å². The maximum atomic E-state index is 5.02. The van der Waals surface area contributed by atoms with Crippen molar-refractivity contribution in [1.29, 1.82) is 0 Å². The van der Waals surface area contributed by atoms with Crippen molar-refractivity contribution in [1.82, 2.24) is 39.9 Å². The number of halogens is 1. The monoisotopic (exact) mass is 692 g/mol. The molecule has 190 valence electrons. The second-order valence-electron chi connectivity index (χ2n) is 9.66. The Balaban J connectivity index is 1.55. The second kappa shape index (κ2) is 9.67. The van der Waals surface area contributed by atoms with Gasteiger partial charge in [-0.1, -0.05) is 24.3 Å². The Labute approximate surface area is 256 Å². The molecule has 41 heavy (non-hydrogen) atoms. The molecular weight excluding hydrogens is 677 g/mol. The Hall–Kier alpha value is -4.28. The van der Waals surface area contributed by atoms with Gasteiger partial charge in [0.1, 0.15) is 0 Å². The van der Waals surface area contributed by atoms with Gasteiger partial charge in [-0.05, 0) is 0 Å². The van der Waals surface area contributed by atoms with E-state index in [9.17, 15) is 0 Å². The molecule has 0 atom stereocenters. The fourth-order valence-electron chi connectivity index (χ4n) is 5.18. The van der Waals surface area contributed by atoms with Crippen LogP contribution >= 0.6 is 22.6 Å². The molecule has 8 bridgehead atoms. The third kappa shape index (κ3) is 4.25. The molecule has 6 aromatic rings. The van der Waals surface area contributed by atoms with Crippen LogP contribution in [0.15, 0.2) is 84.9 Å². The van der Waals surface area contributed by atoms with Crippen LogP contribution in [0.25, 0.3) is 85.0 Å². The summed E-state index contributed by atoms with van der Waals surface area (Å²) in [4.78, 5) is 36.6. The van der Waals surface area contributed by atoms with Crippen LogP contribution in [-0.2, 0) is 17.9 Å². The zero-order valence-corrected chi connectivity index (χ0v) is 26.6. The van der Waals surface area contributed by atoms with E-state index >= 15 is 0 Å². The van der Waals surface area contributed by atoms with Crippen molar-refractivity contribution in [2.24, 2.45) is 0 Å². The third-order valence-electron chi connectivity index (χ3n) is 7.05. The quantitative estimate of drug-likeness (QED) is 0.152. The summed E-state index contributed by atoms with van der Waals surface area (Å²) in [5, 5.41) is 1.91. The van der Waals surface area contributed by atoms with E-state index in [1.807, 2.05) is 78.9 Å². The minimum absolute atomic E-state index is 0.595. The molecule has 0 aliphatic carbocycles. The van der Waals surface area contributed by atoms with E-state index in [0.717, 1.165) is 56.4 Å². The predicted molar refractivity (Wildman–Crippen MR) is 167 cm³/mol. The zero-order valence-electron chi connectivity index (χ0n) is 21.4. The molecule has 3 aromatic heterocycles. The number of rotatable bonds is 2. The number of fused-ring (bicyclic) bond motifs is 17.